The molecule has 0 saturated carbocycles. The van der Waals surface area contributed by atoms with Crippen LogP contribution in [0.5, 0.6) is 0 Å². The van der Waals surface area contributed by atoms with Gasteiger partial charge < -0.3 is 14.5 Å². The highest BCUT2D eigenvalue weighted by Crippen LogP contribution is 2.34. The number of pyridine rings is 1. The summed E-state index contributed by atoms with van der Waals surface area (Å²) in [5.41, 5.74) is 1.10. The Kier molecular flexibility index (Phi) is 4.70. The van der Waals surface area contributed by atoms with Gasteiger partial charge in [-0.2, -0.15) is 0 Å². The van der Waals surface area contributed by atoms with Crippen LogP contribution in [-0.4, -0.2) is 58.4 Å². The molecule has 3 saturated heterocycles. The summed E-state index contributed by atoms with van der Waals surface area (Å²) in [5, 5.41) is 0. The summed E-state index contributed by atoms with van der Waals surface area (Å²) in [6, 6.07) is 4.24. The molecule has 0 unspecified atom stereocenters. The molecule has 3 aliphatic heterocycles. The molecule has 0 N–H and O–H groups in total. The number of amides is 2. The SMILES string of the molecule is O=C1CC[C@H]2[C@H](CCN2C(=O)C2CCOCC2)N1Cc1ccncc1. The van der Waals surface area contributed by atoms with Crippen molar-refractivity contribution >= 4 is 11.8 Å². The predicted octanol–water partition coefficient (Wildman–Crippen LogP) is 1.60. The molecule has 134 valence electrons. The van der Waals surface area contributed by atoms with E-state index >= 15 is 0 Å². The number of ether oxygens (including phenoxy) is 1. The molecule has 1 aromatic rings. The Morgan fingerprint density at radius 2 is 1.88 bits per heavy atom. The van der Waals surface area contributed by atoms with Crippen molar-refractivity contribution in [1.29, 1.82) is 0 Å². The van der Waals surface area contributed by atoms with E-state index in [1.807, 2.05) is 17.0 Å². The Balaban J connectivity index is 1.48. The van der Waals surface area contributed by atoms with E-state index in [2.05, 4.69) is 9.88 Å². The number of piperidine rings is 1. The molecule has 3 fully saturated rings. The zero-order valence-electron chi connectivity index (χ0n) is 14.5. The molecule has 2 amide bonds. The van der Waals surface area contributed by atoms with E-state index in [0.717, 1.165) is 37.8 Å². The Hall–Kier alpha value is -1.95. The second kappa shape index (κ2) is 7.12. The van der Waals surface area contributed by atoms with Crippen molar-refractivity contribution in [1.82, 2.24) is 14.8 Å². The number of rotatable bonds is 3. The van der Waals surface area contributed by atoms with E-state index in [0.29, 0.717) is 26.2 Å². The van der Waals surface area contributed by atoms with Crippen molar-refractivity contribution in [2.24, 2.45) is 5.92 Å². The lowest BCUT2D eigenvalue weighted by molar-refractivity contribution is -0.145. The summed E-state index contributed by atoms with van der Waals surface area (Å²) in [6.45, 7) is 2.75. The van der Waals surface area contributed by atoms with Gasteiger partial charge in [0.15, 0.2) is 0 Å². The van der Waals surface area contributed by atoms with Crippen LogP contribution < -0.4 is 0 Å². The quantitative estimate of drug-likeness (QED) is 0.836. The van der Waals surface area contributed by atoms with Gasteiger partial charge in [0, 0.05) is 51.0 Å². The number of carbonyl (C=O) groups is 2. The maximum Gasteiger partial charge on any atom is 0.226 e. The van der Waals surface area contributed by atoms with Crippen LogP contribution in [0, 0.1) is 5.92 Å². The third kappa shape index (κ3) is 3.27. The molecule has 3 aliphatic rings. The topological polar surface area (TPSA) is 62.7 Å². The van der Waals surface area contributed by atoms with Gasteiger partial charge in [0.05, 0.1) is 12.1 Å². The van der Waals surface area contributed by atoms with E-state index < -0.39 is 0 Å². The number of carbonyl (C=O) groups excluding carboxylic acids is 2. The van der Waals surface area contributed by atoms with E-state index in [-0.39, 0.29) is 29.8 Å². The molecule has 2 atom stereocenters. The lowest BCUT2D eigenvalue weighted by Gasteiger charge is -2.40. The van der Waals surface area contributed by atoms with Gasteiger partial charge in [0.25, 0.3) is 0 Å². The van der Waals surface area contributed by atoms with Gasteiger partial charge in [-0.1, -0.05) is 0 Å². The molecule has 0 spiro atoms. The third-order valence-corrected chi connectivity index (χ3v) is 5.84. The summed E-state index contributed by atoms with van der Waals surface area (Å²) in [7, 11) is 0. The monoisotopic (exact) mass is 343 g/mol. The summed E-state index contributed by atoms with van der Waals surface area (Å²) in [6.07, 6.45) is 7.39. The van der Waals surface area contributed by atoms with Crippen molar-refractivity contribution in [3.8, 4) is 0 Å². The molecule has 0 bridgehead atoms. The van der Waals surface area contributed by atoms with Crippen molar-refractivity contribution in [3.63, 3.8) is 0 Å². The van der Waals surface area contributed by atoms with E-state index in [1.54, 1.807) is 12.4 Å². The average Bonchev–Trinajstić information content (AvgIpc) is 3.09. The number of likely N-dealkylation sites (tertiary alicyclic amines) is 2. The molecule has 4 rings (SSSR count). The van der Waals surface area contributed by atoms with Crippen LogP contribution in [0.1, 0.15) is 37.7 Å². The highest BCUT2D eigenvalue weighted by Gasteiger charge is 2.45. The van der Waals surface area contributed by atoms with Crippen LogP contribution in [0.3, 0.4) is 0 Å². The smallest absolute Gasteiger partial charge is 0.226 e. The largest absolute Gasteiger partial charge is 0.381 e. The molecule has 25 heavy (non-hydrogen) atoms. The predicted molar refractivity (Wildman–Crippen MR) is 91.5 cm³/mol. The van der Waals surface area contributed by atoms with Crippen LogP contribution >= 0.6 is 0 Å². The first-order chi connectivity index (χ1) is 12.2. The normalized spacial score (nSPS) is 27.4. The minimum absolute atomic E-state index is 0.0961. The maximum atomic E-state index is 13.0. The van der Waals surface area contributed by atoms with Crippen LogP contribution in [0.4, 0.5) is 0 Å². The minimum Gasteiger partial charge on any atom is -0.381 e. The van der Waals surface area contributed by atoms with Gasteiger partial charge in [0.2, 0.25) is 11.8 Å². The number of aromatic nitrogens is 1. The maximum absolute atomic E-state index is 13.0. The molecule has 6 heteroatoms. The Bertz CT molecular complexity index is 630. The number of hydrogen-bond donors (Lipinski definition) is 0. The number of hydrogen-bond acceptors (Lipinski definition) is 4. The first-order valence-corrected chi connectivity index (χ1v) is 9.30. The van der Waals surface area contributed by atoms with Crippen molar-refractivity contribution < 1.29 is 14.3 Å². The van der Waals surface area contributed by atoms with Crippen molar-refractivity contribution in [3.05, 3.63) is 30.1 Å². The zero-order valence-corrected chi connectivity index (χ0v) is 14.5. The molecular weight excluding hydrogens is 318 g/mol. The Morgan fingerprint density at radius 3 is 2.64 bits per heavy atom. The second-order valence-electron chi connectivity index (χ2n) is 7.26. The van der Waals surface area contributed by atoms with Gasteiger partial charge in [0.1, 0.15) is 0 Å². The van der Waals surface area contributed by atoms with Gasteiger partial charge in [-0.15, -0.1) is 0 Å². The van der Waals surface area contributed by atoms with Crippen LogP contribution in [0.15, 0.2) is 24.5 Å². The second-order valence-corrected chi connectivity index (χ2v) is 7.26. The summed E-state index contributed by atoms with van der Waals surface area (Å²) < 4.78 is 5.39. The fraction of sp³-hybridized carbons (Fsp3) is 0.632. The third-order valence-electron chi connectivity index (χ3n) is 5.84. The summed E-state index contributed by atoms with van der Waals surface area (Å²) in [4.78, 5) is 33.6. The molecule has 4 heterocycles. The van der Waals surface area contributed by atoms with E-state index in [1.165, 1.54) is 0 Å². The number of nitrogens with zero attached hydrogens (tertiary/aromatic N) is 3. The highest BCUT2D eigenvalue weighted by atomic mass is 16.5. The highest BCUT2D eigenvalue weighted by molar-refractivity contribution is 5.81. The molecule has 0 radical (unpaired) electrons. The first-order valence-electron chi connectivity index (χ1n) is 9.30. The van der Waals surface area contributed by atoms with Crippen LogP contribution in [-0.2, 0) is 20.9 Å². The molecular formula is C19H25N3O3. The fourth-order valence-electron chi connectivity index (χ4n) is 4.49. The standard InChI is InChI=1S/C19H25N3O3/c23-18-2-1-16-17(22(18)13-14-3-8-20-9-4-14)5-10-21(16)19(24)15-6-11-25-12-7-15/h3-4,8-9,15-17H,1-2,5-7,10-13H2/t16-,17-/m0/s1. The molecule has 1 aromatic heterocycles. The lowest BCUT2D eigenvalue weighted by Crippen LogP contribution is -2.53. The molecule has 0 aromatic carbocycles. The van der Waals surface area contributed by atoms with Crippen LogP contribution in [0.2, 0.25) is 0 Å². The molecule has 6 nitrogen and oxygen atoms in total. The molecule has 0 aliphatic carbocycles. The Labute approximate surface area is 148 Å². The van der Waals surface area contributed by atoms with Crippen LogP contribution in [0.25, 0.3) is 0 Å². The summed E-state index contributed by atoms with van der Waals surface area (Å²) in [5.74, 6) is 0.575. The first kappa shape index (κ1) is 16.5. The fourth-order valence-corrected chi connectivity index (χ4v) is 4.49. The number of fused-ring (bicyclic) bond motifs is 1. The zero-order chi connectivity index (χ0) is 17.2. The van der Waals surface area contributed by atoms with E-state index in [9.17, 15) is 9.59 Å². The van der Waals surface area contributed by atoms with Gasteiger partial charge in [-0.05, 0) is 43.4 Å². The van der Waals surface area contributed by atoms with Gasteiger partial charge in [-0.25, -0.2) is 0 Å². The minimum atomic E-state index is 0.0961. The van der Waals surface area contributed by atoms with Crippen molar-refractivity contribution in [2.45, 2.75) is 50.7 Å². The van der Waals surface area contributed by atoms with Gasteiger partial charge in [-0.3, -0.25) is 14.6 Å². The van der Waals surface area contributed by atoms with Gasteiger partial charge >= 0.3 is 0 Å². The lowest BCUT2D eigenvalue weighted by atomic mass is 9.93. The Morgan fingerprint density at radius 1 is 1.12 bits per heavy atom. The average molecular weight is 343 g/mol. The van der Waals surface area contributed by atoms with E-state index in [4.69, 9.17) is 4.74 Å². The summed E-state index contributed by atoms with van der Waals surface area (Å²) >= 11 is 0. The van der Waals surface area contributed by atoms with Crippen molar-refractivity contribution in [2.75, 3.05) is 19.8 Å².